The molecule has 0 aliphatic heterocycles. The van der Waals surface area contributed by atoms with Gasteiger partial charge in [0.05, 0.1) is 34.9 Å². The Morgan fingerprint density at radius 2 is 2.00 bits per heavy atom. The molecule has 1 N–H and O–H groups in total. The van der Waals surface area contributed by atoms with Gasteiger partial charge in [-0.15, -0.1) is 0 Å². The molecular formula is C17H16FN3O2. The van der Waals surface area contributed by atoms with Crippen LogP contribution in [0.15, 0.2) is 36.8 Å². The number of halogens is 1. The van der Waals surface area contributed by atoms with Crippen LogP contribution in [0.4, 0.5) is 4.39 Å². The molecule has 3 heterocycles. The Morgan fingerprint density at radius 3 is 2.74 bits per heavy atom. The van der Waals surface area contributed by atoms with Crippen molar-refractivity contribution in [3.63, 3.8) is 0 Å². The van der Waals surface area contributed by atoms with E-state index in [0.29, 0.717) is 11.4 Å². The monoisotopic (exact) mass is 313 g/mol. The molecule has 0 saturated carbocycles. The van der Waals surface area contributed by atoms with Gasteiger partial charge in [0.2, 0.25) is 0 Å². The summed E-state index contributed by atoms with van der Waals surface area (Å²) in [4.78, 5) is 19.3. The molecule has 6 heteroatoms. The Hall–Kier alpha value is -2.76. The highest BCUT2D eigenvalue weighted by Gasteiger charge is 2.14. The Morgan fingerprint density at radius 1 is 1.26 bits per heavy atom. The summed E-state index contributed by atoms with van der Waals surface area (Å²) in [6.07, 6.45) is 6.87. The van der Waals surface area contributed by atoms with Gasteiger partial charge in [-0.05, 0) is 24.6 Å². The number of fused-ring (bicyclic) bond motifs is 1. The van der Waals surface area contributed by atoms with Crippen LogP contribution in [0.3, 0.4) is 0 Å². The number of carboxylic acid groups (broad SMARTS) is 1. The minimum absolute atomic E-state index is 0.340. The molecule has 0 aliphatic carbocycles. The molecular weight excluding hydrogens is 297 g/mol. The molecule has 0 atom stereocenters. The van der Waals surface area contributed by atoms with E-state index in [2.05, 4.69) is 21.5 Å². The Labute approximate surface area is 132 Å². The van der Waals surface area contributed by atoms with Gasteiger partial charge in [-0.25, -0.2) is 9.18 Å². The zero-order valence-corrected chi connectivity index (χ0v) is 12.7. The summed E-state index contributed by atoms with van der Waals surface area (Å²) in [6, 6.07) is 5.03. The lowest BCUT2D eigenvalue weighted by atomic mass is 10.1. The molecule has 0 spiro atoms. The summed E-state index contributed by atoms with van der Waals surface area (Å²) in [5.41, 5.74) is 1.47. The lowest BCUT2D eigenvalue weighted by Crippen LogP contribution is -2.02. The number of nitrogens with zero attached hydrogens (tertiary/aromatic N) is 3. The first-order valence-electron chi connectivity index (χ1n) is 7.44. The zero-order valence-electron chi connectivity index (χ0n) is 12.7. The van der Waals surface area contributed by atoms with E-state index in [1.807, 2.05) is 18.3 Å². The van der Waals surface area contributed by atoms with E-state index in [1.165, 1.54) is 6.07 Å². The number of aromatic nitrogens is 3. The van der Waals surface area contributed by atoms with Gasteiger partial charge in [0.15, 0.2) is 5.82 Å². The fraction of sp³-hybridized carbons (Fsp3) is 0.235. The van der Waals surface area contributed by atoms with Gasteiger partial charge >= 0.3 is 5.97 Å². The molecule has 0 aromatic carbocycles. The highest BCUT2D eigenvalue weighted by atomic mass is 19.1. The minimum Gasteiger partial charge on any atom is -0.478 e. The van der Waals surface area contributed by atoms with Gasteiger partial charge in [-0.2, -0.15) is 0 Å². The second kappa shape index (κ2) is 6.16. The molecule has 3 aromatic rings. The fourth-order valence-corrected chi connectivity index (χ4v) is 2.49. The van der Waals surface area contributed by atoms with Gasteiger partial charge in [0.25, 0.3) is 0 Å². The summed E-state index contributed by atoms with van der Waals surface area (Å²) in [7, 11) is 0. The molecule has 0 aliphatic rings. The number of hydrogen-bond donors (Lipinski definition) is 1. The first-order chi connectivity index (χ1) is 11.1. The quantitative estimate of drug-likeness (QED) is 0.779. The smallest absolute Gasteiger partial charge is 0.338 e. The van der Waals surface area contributed by atoms with Gasteiger partial charge in [0, 0.05) is 18.1 Å². The predicted octanol–water partition coefficient (Wildman–Crippen LogP) is 3.74. The molecule has 23 heavy (non-hydrogen) atoms. The average molecular weight is 313 g/mol. The van der Waals surface area contributed by atoms with Crippen LogP contribution >= 0.6 is 0 Å². The van der Waals surface area contributed by atoms with Gasteiger partial charge < -0.3 is 9.67 Å². The van der Waals surface area contributed by atoms with E-state index < -0.39 is 17.3 Å². The number of pyridine rings is 2. The summed E-state index contributed by atoms with van der Waals surface area (Å²) >= 11 is 0. The molecule has 5 nitrogen and oxygen atoms in total. The molecule has 0 bridgehead atoms. The van der Waals surface area contributed by atoms with Crippen LogP contribution < -0.4 is 0 Å². The zero-order chi connectivity index (χ0) is 16.4. The topological polar surface area (TPSA) is 68.0 Å². The van der Waals surface area contributed by atoms with Crippen LogP contribution in [0.25, 0.3) is 22.3 Å². The lowest BCUT2D eigenvalue weighted by Gasteiger charge is -2.06. The van der Waals surface area contributed by atoms with Crippen LogP contribution in [0.2, 0.25) is 0 Å². The van der Waals surface area contributed by atoms with Crippen molar-refractivity contribution in [1.29, 1.82) is 0 Å². The van der Waals surface area contributed by atoms with Crippen molar-refractivity contribution in [1.82, 2.24) is 14.5 Å². The highest BCUT2D eigenvalue weighted by molar-refractivity contribution is 5.89. The molecule has 3 aromatic heterocycles. The van der Waals surface area contributed by atoms with E-state index in [-0.39, 0.29) is 0 Å². The number of unbranched alkanes of at least 4 members (excludes halogenated alkanes) is 1. The van der Waals surface area contributed by atoms with Crippen molar-refractivity contribution in [3.8, 4) is 11.4 Å². The summed E-state index contributed by atoms with van der Waals surface area (Å²) in [6.45, 7) is 3.07. The fourth-order valence-electron chi connectivity index (χ4n) is 2.49. The third-order valence-corrected chi connectivity index (χ3v) is 3.76. The van der Waals surface area contributed by atoms with Crippen LogP contribution in [0, 0.1) is 5.82 Å². The summed E-state index contributed by atoms with van der Waals surface area (Å²) in [5.74, 6) is -2.18. The van der Waals surface area contributed by atoms with E-state index in [9.17, 15) is 9.18 Å². The third-order valence-electron chi connectivity index (χ3n) is 3.76. The van der Waals surface area contributed by atoms with Crippen molar-refractivity contribution < 1.29 is 14.3 Å². The van der Waals surface area contributed by atoms with Gasteiger partial charge in [-0.1, -0.05) is 13.3 Å². The van der Waals surface area contributed by atoms with E-state index >= 15 is 0 Å². The van der Waals surface area contributed by atoms with Crippen LogP contribution in [-0.4, -0.2) is 25.6 Å². The number of rotatable bonds is 5. The largest absolute Gasteiger partial charge is 0.478 e. The Bertz CT molecular complexity index is 873. The maximum absolute atomic E-state index is 13.4. The van der Waals surface area contributed by atoms with Crippen LogP contribution in [0.5, 0.6) is 0 Å². The first kappa shape index (κ1) is 15.1. The van der Waals surface area contributed by atoms with Crippen LogP contribution in [-0.2, 0) is 6.54 Å². The predicted molar refractivity (Wildman–Crippen MR) is 84.8 cm³/mol. The Kier molecular flexibility index (Phi) is 4.06. The van der Waals surface area contributed by atoms with Crippen molar-refractivity contribution in [2.24, 2.45) is 0 Å². The molecule has 118 valence electrons. The standard InChI is InChI=1S/C17H16FN3O2/c1-2-3-5-21-6-4-11-7-14(20-10-16(11)21)15-8-12(17(22)23)13(18)9-19-15/h4,6-10H,2-3,5H2,1H3,(H,22,23). The number of carbonyl (C=O) groups is 1. The van der Waals surface area contributed by atoms with Gasteiger partial charge in [0.1, 0.15) is 0 Å². The van der Waals surface area contributed by atoms with E-state index in [4.69, 9.17) is 5.11 Å². The number of carboxylic acids is 1. The van der Waals surface area contributed by atoms with Crippen molar-refractivity contribution in [2.45, 2.75) is 26.3 Å². The third kappa shape index (κ3) is 2.92. The maximum atomic E-state index is 13.4. The Balaban J connectivity index is 2.01. The van der Waals surface area contributed by atoms with Crippen LogP contribution in [0.1, 0.15) is 30.1 Å². The first-order valence-corrected chi connectivity index (χ1v) is 7.44. The van der Waals surface area contributed by atoms with E-state index in [0.717, 1.165) is 36.5 Å². The van der Waals surface area contributed by atoms with Gasteiger partial charge in [-0.3, -0.25) is 9.97 Å². The molecule has 0 saturated heterocycles. The number of hydrogen-bond acceptors (Lipinski definition) is 3. The maximum Gasteiger partial charge on any atom is 0.338 e. The molecule has 0 fully saturated rings. The SMILES string of the molecule is CCCCn1ccc2cc(-c3cc(C(=O)O)c(F)cn3)ncc21. The molecule has 0 unspecified atom stereocenters. The molecule has 0 amide bonds. The average Bonchev–Trinajstić information content (AvgIpc) is 2.95. The molecule has 0 radical (unpaired) electrons. The number of aryl methyl sites for hydroxylation is 1. The lowest BCUT2D eigenvalue weighted by molar-refractivity contribution is 0.0691. The summed E-state index contributed by atoms with van der Waals surface area (Å²) in [5, 5.41) is 10.00. The minimum atomic E-state index is -1.32. The second-order valence-corrected chi connectivity index (χ2v) is 5.35. The molecule has 3 rings (SSSR count). The normalized spacial score (nSPS) is 11.0. The van der Waals surface area contributed by atoms with Crippen molar-refractivity contribution in [2.75, 3.05) is 0 Å². The second-order valence-electron chi connectivity index (χ2n) is 5.35. The van der Waals surface area contributed by atoms with Crippen molar-refractivity contribution in [3.05, 3.63) is 48.2 Å². The highest BCUT2D eigenvalue weighted by Crippen LogP contribution is 2.23. The number of aromatic carboxylic acids is 1. The van der Waals surface area contributed by atoms with E-state index in [1.54, 1.807) is 6.20 Å². The summed E-state index contributed by atoms with van der Waals surface area (Å²) < 4.78 is 15.6. The van der Waals surface area contributed by atoms with Crippen molar-refractivity contribution >= 4 is 16.9 Å².